The number of ether oxygens (including phenoxy) is 1. The van der Waals surface area contributed by atoms with Crippen molar-refractivity contribution in [3.05, 3.63) is 77.9 Å². The quantitative estimate of drug-likeness (QED) is 0.705. The number of allylic oxidation sites excluding steroid dienone is 1. The van der Waals surface area contributed by atoms with Crippen LogP contribution in [0.25, 0.3) is 11.6 Å². The third-order valence-electron chi connectivity index (χ3n) is 3.21. The maximum absolute atomic E-state index is 12.2. The van der Waals surface area contributed by atoms with Crippen molar-refractivity contribution in [1.29, 1.82) is 0 Å². The summed E-state index contributed by atoms with van der Waals surface area (Å²) in [7, 11) is 0. The summed E-state index contributed by atoms with van der Waals surface area (Å²) < 4.78 is 28.7. The van der Waals surface area contributed by atoms with Gasteiger partial charge in [-0.15, -0.1) is 0 Å². The fourth-order valence-corrected chi connectivity index (χ4v) is 2.12. The zero-order valence-electron chi connectivity index (χ0n) is 12.6. The molecule has 2 rings (SSSR count). The molecular formula is C19H16F2O2. The van der Waals surface area contributed by atoms with E-state index in [2.05, 4.69) is 11.3 Å². The van der Waals surface area contributed by atoms with Gasteiger partial charge in [0.2, 0.25) is 0 Å². The average molecular weight is 314 g/mol. The van der Waals surface area contributed by atoms with Crippen LogP contribution in [0.2, 0.25) is 0 Å². The molecule has 0 heterocycles. The zero-order chi connectivity index (χ0) is 16.8. The Kier molecular flexibility index (Phi) is 5.41. The van der Waals surface area contributed by atoms with Gasteiger partial charge in [0.05, 0.1) is 0 Å². The standard InChI is InChI=1S/C19H16F2O2/c1-13(22)7-8-16-5-3-4-6-18(16)14(2)15-9-11-17(12-10-15)23-19(20)21/h3-12,19H,2H2,1H3. The first-order valence-corrected chi connectivity index (χ1v) is 6.99. The van der Waals surface area contributed by atoms with E-state index in [0.29, 0.717) is 0 Å². The molecule has 0 spiro atoms. The molecule has 0 bridgehead atoms. The van der Waals surface area contributed by atoms with Crippen molar-refractivity contribution >= 4 is 17.4 Å². The molecule has 23 heavy (non-hydrogen) atoms. The predicted molar refractivity (Wildman–Crippen MR) is 87.4 cm³/mol. The second kappa shape index (κ2) is 7.49. The van der Waals surface area contributed by atoms with E-state index in [1.54, 1.807) is 18.2 Å². The molecule has 2 aromatic carbocycles. The Bertz CT molecular complexity index is 731. The second-order valence-corrected chi connectivity index (χ2v) is 4.91. The third-order valence-corrected chi connectivity index (χ3v) is 3.21. The van der Waals surface area contributed by atoms with E-state index < -0.39 is 6.61 Å². The zero-order valence-corrected chi connectivity index (χ0v) is 12.6. The molecule has 4 heteroatoms. The normalized spacial score (nSPS) is 11.0. The molecular weight excluding hydrogens is 298 g/mol. The minimum atomic E-state index is -2.85. The first-order valence-electron chi connectivity index (χ1n) is 6.99. The molecule has 0 saturated heterocycles. The van der Waals surface area contributed by atoms with Gasteiger partial charge in [0.25, 0.3) is 0 Å². The number of halogens is 2. The van der Waals surface area contributed by atoms with Crippen LogP contribution in [0.5, 0.6) is 5.75 Å². The lowest BCUT2D eigenvalue weighted by atomic mass is 9.95. The highest BCUT2D eigenvalue weighted by molar-refractivity contribution is 5.93. The van der Waals surface area contributed by atoms with Crippen LogP contribution in [0, 0.1) is 0 Å². The Morgan fingerprint density at radius 2 is 1.78 bits per heavy atom. The molecule has 0 N–H and O–H groups in total. The van der Waals surface area contributed by atoms with E-state index in [1.165, 1.54) is 25.1 Å². The Morgan fingerprint density at radius 3 is 2.39 bits per heavy atom. The van der Waals surface area contributed by atoms with Gasteiger partial charge in [-0.2, -0.15) is 8.78 Å². The lowest BCUT2D eigenvalue weighted by Gasteiger charge is -2.11. The van der Waals surface area contributed by atoms with Crippen LogP contribution in [0.15, 0.2) is 61.2 Å². The Balaban J connectivity index is 2.28. The molecule has 0 aromatic heterocycles. The number of ketones is 1. The lowest BCUT2D eigenvalue weighted by Crippen LogP contribution is -2.01. The summed E-state index contributed by atoms with van der Waals surface area (Å²) in [6.45, 7) is 2.70. The van der Waals surface area contributed by atoms with Crippen LogP contribution >= 0.6 is 0 Å². The number of rotatable bonds is 6. The van der Waals surface area contributed by atoms with Gasteiger partial charge < -0.3 is 4.74 Å². The largest absolute Gasteiger partial charge is 0.435 e. The SMILES string of the molecule is C=C(c1ccc(OC(F)F)cc1)c1ccccc1C=CC(C)=O. The summed E-state index contributed by atoms with van der Waals surface area (Å²) >= 11 is 0. The summed E-state index contributed by atoms with van der Waals surface area (Å²) in [6.07, 6.45) is 3.23. The molecule has 2 nitrogen and oxygen atoms in total. The van der Waals surface area contributed by atoms with Crippen molar-refractivity contribution in [3.63, 3.8) is 0 Å². The van der Waals surface area contributed by atoms with Crippen LogP contribution in [0.1, 0.15) is 23.6 Å². The van der Waals surface area contributed by atoms with Gasteiger partial charge in [0, 0.05) is 0 Å². The predicted octanol–water partition coefficient (Wildman–Crippen LogP) is 4.95. The minimum absolute atomic E-state index is 0.0427. The molecule has 0 saturated carbocycles. The number of carbonyl (C=O) groups is 1. The van der Waals surface area contributed by atoms with Gasteiger partial charge >= 0.3 is 6.61 Å². The highest BCUT2D eigenvalue weighted by atomic mass is 19.3. The van der Waals surface area contributed by atoms with Crippen molar-refractivity contribution in [2.24, 2.45) is 0 Å². The first kappa shape index (κ1) is 16.6. The van der Waals surface area contributed by atoms with Crippen molar-refractivity contribution in [2.45, 2.75) is 13.5 Å². The van der Waals surface area contributed by atoms with Gasteiger partial charge in [-0.05, 0) is 47.4 Å². The van der Waals surface area contributed by atoms with E-state index >= 15 is 0 Å². The first-order chi connectivity index (χ1) is 11.0. The van der Waals surface area contributed by atoms with Crippen molar-refractivity contribution in [3.8, 4) is 5.75 Å². The number of benzene rings is 2. The summed E-state index contributed by atoms with van der Waals surface area (Å²) in [5.41, 5.74) is 3.25. The molecule has 0 aliphatic carbocycles. The molecule has 2 aromatic rings. The molecule has 0 amide bonds. The number of carbonyl (C=O) groups excluding carboxylic acids is 1. The van der Waals surface area contributed by atoms with Gasteiger partial charge in [-0.3, -0.25) is 4.79 Å². The summed E-state index contributed by atoms with van der Waals surface area (Å²) in [5.74, 6) is 0.0558. The van der Waals surface area contributed by atoms with E-state index in [-0.39, 0.29) is 11.5 Å². The summed E-state index contributed by atoms with van der Waals surface area (Å²) in [4.78, 5) is 11.1. The van der Waals surface area contributed by atoms with Gasteiger partial charge in [-0.1, -0.05) is 49.1 Å². The van der Waals surface area contributed by atoms with E-state index in [4.69, 9.17) is 0 Å². The molecule has 0 fully saturated rings. The number of hydrogen-bond donors (Lipinski definition) is 0. The fourth-order valence-electron chi connectivity index (χ4n) is 2.12. The molecule has 0 radical (unpaired) electrons. The molecule has 118 valence electrons. The van der Waals surface area contributed by atoms with Gasteiger partial charge in [0.1, 0.15) is 5.75 Å². The summed E-state index contributed by atoms with van der Waals surface area (Å²) in [6, 6.07) is 13.8. The Morgan fingerprint density at radius 1 is 1.13 bits per heavy atom. The van der Waals surface area contributed by atoms with Gasteiger partial charge in [-0.25, -0.2) is 0 Å². The third kappa shape index (κ3) is 4.61. The molecule has 0 unspecified atom stereocenters. The number of hydrogen-bond acceptors (Lipinski definition) is 2. The molecule has 0 atom stereocenters. The highest BCUT2D eigenvalue weighted by Crippen LogP contribution is 2.27. The van der Waals surface area contributed by atoms with E-state index in [9.17, 15) is 13.6 Å². The second-order valence-electron chi connectivity index (χ2n) is 4.91. The summed E-state index contributed by atoms with van der Waals surface area (Å²) in [5, 5.41) is 0. The van der Waals surface area contributed by atoms with Crippen molar-refractivity contribution in [2.75, 3.05) is 0 Å². The maximum atomic E-state index is 12.2. The van der Waals surface area contributed by atoms with E-state index in [1.807, 2.05) is 24.3 Å². The van der Waals surface area contributed by atoms with Crippen LogP contribution in [0.4, 0.5) is 8.78 Å². The molecule has 0 aliphatic heterocycles. The topological polar surface area (TPSA) is 26.3 Å². The monoisotopic (exact) mass is 314 g/mol. The maximum Gasteiger partial charge on any atom is 0.387 e. The van der Waals surface area contributed by atoms with Crippen LogP contribution in [-0.2, 0) is 4.79 Å². The van der Waals surface area contributed by atoms with Crippen LogP contribution < -0.4 is 4.74 Å². The Labute approximate surface area is 133 Å². The van der Waals surface area contributed by atoms with Crippen LogP contribution in [0.3, 0.4) is 0 Å². The molecule has 0 aliphatic rings. The minimum Gasteiger partial charge on any atom is -0.435 e. The fraction of sp³-hybridized carbons (Fsp3) is 0.105. The van der Waals surface area contributed by atoms with Crippen molar-refractivity contribution in [1.82, 2.24) is 0 Å². The number of alkyl halides is 2. The Hall–Kier alpha value is -2.75. The van der Waals surface area contributed by atoms with Gasteiger partial charge in [0.15, 0.2) is 5.78 Å². The van der Waals surface area contributed by atoms with Crippen LogP contribution in [-0.4, -0.2) is 12.4 Å². The average Bonchev–Trinajstić information content (AvgIpc) is 2.52. The highest BCUT2D eigenvalue weighted by Gasteiger charge is 2.08. The van der Waals surface area contributed by atoms with E-state index in [0.717, 1.165) is 22.3 Å². The lowest BCUT2D eigenvalue weighted by molar-refractivity contribution is -0.112. The van der Waals surface area contributed by atoms with Crippen molar-refractivity contribution < 1.29 is 18.3 Å². The smallest absolute Gasteiger partial charge is 0.387 e.